The molecule has 0 unspecified atom stereocenters. The van der Waals surface area contributed by atoms with E-state index in [9.17, 15) is 25.0 Å². The summed E-state index contributed by atoms with van der Waals surface area (Å²) >= 11 is 4.41. The molecule has 1 N–H and O–H groups in total. The van der Waals surface area contributed by atoms with E-state index < -0.39 is 9.85 Å². The molecule has 1 aromatic heterocycles. The summed E-state index contributed by atoms with van der Waals surface area (Å²) in [5.41, 5.74) is -0.151. The summed E-state index contributed by atoms with van der Waals surface area (Å²) in [7, 11) is 0. The minimum atomic E-state index is -0.685. The molecule has 3 rings (SSSR count). The highest BCUT2D eigenvalue weighted by Gasteiger charge is 2.16. The van der Waals surface area contributed by atoms with Crippen molar-refractivity contribution in [2.24, 2.45) is 0 Å². The third-order valence-corrected chi connectivity index (χ3v) is 4.84. The lowest BCUT2D eigenvalue weighted by Crippen LogP contribution is -2.09. The maximum absolute atomic E-state index is 12.1. The number of aromatic nitrogens is 2. The van der Waals surface area contributed by atoms with Gasteiger partial charge < -0.3 is 4.98 Å². The Kier molecular flexibility index (Phi) is 5.00. The number of halogens is 1. The second-order valence-electron chi connectivity index (χ2n) is 5.19. The van der Waals surface area contributed by atoms with Crippen LogP contribution in [-0.2, 0) is 5.75 Å². The lowest BCUT2D eigenvalue weighted by molar-refractivity contribution is -0.394. The highest BCUT2D eigenvalue weighted by Crippen LogP contribution is 2.27. The normalized spacial score (nSPS) is 10.8. The summed E-state index contributed by atoms with van der Waals surface area (Å²) in [6, 6.07) is 8.53. The van der Waals surface area contributed by atoms with Crippen LogP contribution in [0, 0.1) is 20.2 Å². The summed E-state index contributed by atoms with van der Waals surface area (Å²) in [5, 5.41) is 22.6. The van der Waals surface area contributed by atoms with Gasteiger partial charge in [0.25, 0.3) is 16.9 Å². The Morgan fingerprint density at radius 3 is 2.35 bits per heavy atom. The molecule has 0 atom stereocenters. The van der Waals surface area contributed by atoms with Crippen LogP contribution in [0.15, 0.2) is 50.8 Å². The fourth-order valence-corrected chi connectivity index (χ4v) is 3.42. The summed E-state index contributed by atoms with van der Waals surface area (Å²) in [4.78, 5) is 39.6. The van der Waals surface area contributed by atoms with Gasteiger partial charge in [0, 0.05) is 22.4 Å². The van der Waals surface area contributed by atoms with Gasteiger partial charge in [-0.2, -0.15) is 0 Å². The Morgan fingerprint density at radius 2 is 1.73 bits per heavy atom. The van der Waals surface area contributed by atoms with E-state index >= 15 is 0 Å². The van der Waals surface area contributed by atoms with Crippen LogP contribution in [0.4, 0.5) is 11.4 Å². The van der Waals surface area contributed by atoms with E-state index in [4.69, 9.17) is 0 Å². The summed E-state index contributed by atoms with van der Waals surface area (Å²) in [6.07, 6.45) is 0. The zero-order valence-electron chi connectivity index (χ0n) is 12.8. The maximum Gasteiger partial charge on any atom is 0.276 e. The van der Waals surface area contributed by atoms with Crippen molar-refractivity contribution in [1.82, 2.24) is 9.97 Å². The number of nitro benzene ring substituents is 2. The average molecular weight is 437 g/mol. The van der Waals surface area contributed by atoms with Crippen LogP contribution in [0.5, 0.6) is 0 Å². The van der Waals surface area contributed by atoms with Gasteiger partial charge in [-0.15, -0.1) is 0 Å². The first-order chi connectivity index (χ1) is 12.3. The molecule has 0 saturated carbocycles. The predicted molar refractivity (Wildman–Crippen MR) is 99.4 cm³/mol. The molecule has 0 bridgehead atoms. The van der Waals surface area contributed by atoms with Crippen LogP contribution in [0.1, 0.15) is 5.56 Å². The quantitative estimate of drug-likeness (QED) is 0.278. The van der Waals surface area contributed by atoms with Gasteiger partial charge in [-0.3, -0.25) is 25.0 Å². The third kappa shape index (κ3) is 3.89. The number of hydrogen-bond donors (Lipinski definition) is 1. The molecular weight excluding hydrogens is 428 g/mol. The van der Waals surface area contributed by atoms with Crippen LogP contribution in [0.2, 0.25) is 0 Å². The Labute approximate surface area is 157 Å². The topological polar surface area (TPSA) is 132 Å². The molecular formula is C15H9BrN4O5S. The largest absolute Gasteiger partial charge is 0.301 e. The number of nitrogens with zero attached hydrogens (tertiary/aromatic N) is 3. The van der Waals surface area contributed by atoms with Crippen molar-refractivity contribution >= 4 is 50.0 Å². The SMILES string of the molecule is O=c1[nH]c(SCc2cc([N+](=O)[O-])cc([N+](=O)[O-])c2)nc2ccc(Br)cc12. The molecule has 0 spiro atoms. The van der Waals surface area contributed by atoms with E-state index in [1.165, 1.54) is 12.1 Å². The molecule has 0 aliphatic heterocycles. The Bertz CT molecular complexity index is 1070. The van der Waals surface area contributed by atoms with E-state index in [0.29, 0.717) is 21.6 Å². The first kappa shape index (κ1) is 18.0. The molecule has 0 radical (unpaired) electrons. The number of hydrogen-bond acceptors (Lipinski definition) is 7. The smallest absolute Gasteiger partial charge is 0.276 e. The van der Waals surface area contributed by atoms with Gasteiger partial charge >= 0.3 is 0 Å². The molecule has 1 heterocycles. The summed E-state index contributed by atoms with van der Waals surface area (Å²) < 4.78 is 0.751. The van der Waals surface area contributed by atoms with Gasteiger partial charge in [0.15, 0.2) is 5.16 Å². The van der Waals surface area contributed by atoms with Gasteiger partial charge in [-0.25, -0.2) is 4.98 Å². The van der Waals surface area contributed by atoms with Crippen molar-refractivity contribution in [3.8, 4) is 0 Å². The standard InChI is InChI=1S/C15H9BrN4O5S/c16-9-1-2-13-12(5-9)14(21)18-15(17-13)26-7-8-3-10(19(22)23)6-11(4-8)20(24)25/h1-6H,7H2,(H,17,18,21). The Morgan fingerprint density at radius 1 is 1.08 bits per heavy atom. The summed E-state index contributed by atoms with van der Waals surface area (Å²) in [5.74, 6) is 0.174. The van der Waals surface area contributed by atoms with Crippen LogP contribution < -0.4 is 5.56 Å². The zero-order chi connectivity index (χ0) is 18.8. The monoisotopic (exact) mass is 436 g/mol. The number of non-ortho nitro benzene ring substituents is 2. The van der Waals surface area contributed by atoms with Crippen molar-refractivity contribution in [2.45, 2.75) is 10.9 Å². The van der Waals surface area contributed by atoms with Crippen molar-refractivity contribution in [3.05, 3.63) is 77.0 Å². The number of thioether (sulfide) groups is 1. The fraction of sp³-hybridized carbons (Fsp3) is 0.0667. The lowest BCUT2D eigenvalue weighted by atomic mass is 10.2. The van der Waals surface area contributed by atoms with Crippen LogP contribution in [0.3, 0.4) is 0 Å². The van der Waals surface area contributed by atoms with Crippen LogP contribution in [0.25, 0.3) is 10.9 Å². The van der Waals surface area contributed by atoms with Gasteiger partial charge in [0.1, 0.15) is 0 Å². The minimum absolute atomic E-state index is 0.174. The van der Waals surface area contributed by atoms with Crippen molar-refractivity contribution in [2.75, 3.05) is 0 Å². The summed E-state index contributed by atoms with van der Waals surface area (Å²) in [6.45, 7) is 0. The lowest BCUT2D eigenvalue weighted by Gasteiger charge is -2.04. The molecule has 26 heavy (non-hydrogen) atoms. The molecule has 0 fully saturated rings. The van der Waals surface area contributed by atoms with Gasteiger partial charge in [-0.05, 0) is 23.8 Å². The first-order valence-electron chi connectivity index (χ1n) is 7.08. The molecule has 11 heteroatoms. The number of nitrogens with one attached hydrogen (secondary N) is 1. The number of aromatic amines is 1. The predicted octanol–water partition coefficient (Wildman–Crippen LogP) is 3.79. The van der Waals surface area contributed by atoms with E-state index in [0.717, 1.165) is 22.3 Å². The van der Waals surface area contributed by atoms with Crippen molar-refractivity contribution in [1.29, 1.82) is 0 Å². The van der Waals surface area contributed by atoms with E-state index in [-0.39, 0.29) is 22.7 Å². The number of nitro groups is 2. The van der Waals surface area contributed by atoms with Crippen molar-refractivity contribution in [3.63, 3.8) is 0 Å². The maximum atomic E-state index is 12.1. The van der Waals surface area contributed by atoms with Crippen molar-refractivity contribution < 1.29 is 9.85 Å². The molecule has 2 aromatic carbocycles. The molecule has 132 valence electrons. The average Bonchev–Trinajstić information content (AvgIpc) is 2.60. The minimum Gasteiger partial charge on any atom is -0.301 e. The van der Waals surface area contributed by atoms with E-state index in [1.54, 1.807) is 18.2 Å². The fourth-order valence-electron chi connectivity index (χ4n) is 2.26. The highest BCUT2D eigenvalue weighted by molar-refractivity contribution is 9.10. The first-order valence-corrected chi connectivity index (χ1v) is 8.86. The number of rotatable bonds is 5. The zero-order valence-corrected chi connectivity index (χ0v) is 15.2. The number of H-pyrrole nitrogens is 1. The van der Waals surface area contributed by atoms with Gasteiger partial charge in [-0.1, -0.05) is 27.7 Å². The Balaban J connectivity index is 1.90. The second kappa shape index (κ2) is 7.22. The van der Waals surface area contributed by atoms with Crippen LogP contribution >= 0.6 is 27.7 Å². The van der Waals surface area contributed by atoms with Gasteiger partial charge in [0.05, 0.1) is 26.8 Å². The van der Waals surface area contributed by atoms with Crippen LogP contribution in [-0.4, -0.2) is 19.8 Å². The number of fused-ring (bicyclic) bond motifs is 1. The van der Waals surface area contributed by atoms with E-state index in [1.807, 2.05) is 0 Å². The molecule has 9 nitrogen and oxygen atoms in total. The molecule has 0 amide bonds. The number of benzene rings is 2. The molecule has 0 aliphatic rings. The Hall–Kier alpha value is -2.79. The molecule has 3 aromatic rings. The molecule has 0 saturated heterocycles. The second-order valence-corrected chi connectivity index (χ2v) is 7.07. The van der Waals surface area contributed by atoms with E-state index in [2.05, 4.69) is 25.9 Å². The third-order valence-electron chi connectivity index (χ3n) is 3.41. The highest BCUT2D eigenvalue weighted by atomic mass is 79.9. The molecule has 0 aliphatic carbocycles. The van der Waals surface area contributed by atoms with Gasteiger partial charge in [0.2, 0.25) is 0 Å².